The number of carbonyl (C=O) groups excluding carboxylic acids is 1. The molecule has 0 saturated carbocycles. The second kappa shape index (κ2) is 5.52. The molecule has 1 N–H and O–H groups in total. The van der Waals surface area contributed by atoms with Crippen LogP contribution in [0.3, 0.4) is 0 Å². The van der Waals surface area contributed by atoms with Crippen molar-refractivity contribution in [1.82, 2.24) is 15.5 Å². The van der Waals surface area contributed by atoms with Gasteiger partial charge in [0.2, 0.25) is 0 Å². The van der Waals surface area contributed by atoms with Crippen LogP contribution in [0.15, 0.2) is 10.7 Å². The van der Waals surface area contributed by atoms with Crippen LogP contribution in [0.2, 0.25) is 0 Å². The number of nitrogens with zero attached hydrogens (tertiary/aromatic N) is 2. The zero-order valence-corrected chi connectivity index (χ0v) is 12.3. The van der Waals surface area contributed by atoms with Gasteiger partial charge in [-0.15, -0.1) is 11.3 Å². The normalized spacial score (nSPS) is 12.4. The molecule has 0 radical (unpaired) electrons. The van der Waals surface area contributed by atoms with Crippen LogP contribution in [0.4, 0.5) is 0 Å². The van der Waals surface area contributed by atoms with E-state index in [9.17, 15) is 4.79 Å². The number of hydrogen-bond acceptors (Lipinski definition) is 5. The maximum Gasteiger partial charge on any atom is 0.257 e. The molecule has 0 aliphatic heterocycles. The fraction of sp³-hybridized carbons (Fsp3) is 0.462. The molecule has 0 spiro atoms. The van der Waals surface area contributed by atoms with Gasteiger partial charge in [0.05, 0.1) is 17.9 Å². The van der Waals surface area contributed by atoms with E-state index < -0.39 is 0 Å². The summed E-state index contributed by atoms with van der Waals surface area (Å²) in [4.78, 5) is 17.8. The fourth-order valence-corrected chi connectivity index (χ4v) is 2.80. The Hall–Kier alpha value is -1.69. The number of hydrogen-bond donors (Lipinski definition) is 1. The maximum absolute atomic E-state index is 12.1. The summed E-state index contributed by atoms with van der Waals surface area (Å²) >= 11 is 1.63. The van der Waals surface area contributed by atoms with E-state index in [0.29, 0.717) is 11.3 Å². The summed E-state index contributed by atoms with van der Waals surface area (Å²) in [6, 6.07) is -0.0702. The van der Waals surface area contributed by atoms with Crippen molar-refractivity contribution in [2.75, 3.05) is 0 Å². The summed E-state index contributed by atoms with van der Waals surface area (Å²) in [7, 11) is 0. The summed E-state index contributed by atoms with van der Waals surface area (Å²) in [5, 5.41) is 7.54. The monoisotopic (exact) mass is 279 g/mol. The van der Waals surface area contributed by atoms with Gasteiger partial charge >= 0.3 is 0 Å². The van der Waals surface area contributed by atoms with Gasteiger partial charge in [-0.3, -0.25) is 4.79 Å². The van der Waals surface area contributed by atoms with Gasteiger partial charge in [-0.1, -0.05) is 12.1 Å². The molecule has 102 valence electrons. The van der Waals surface area contributed by atoms with Gasteiger partial charge < -0.3 is 9.84 Å². The summed E-state index contributed by atoms with van der Waals surface area (Å²) in [5.41, 5.74) is 1.50. The minimum Gasteiger partial charge on any atom is -0.361 e. The van der Waals surface area contributed by atoms with Gasteiger partial charge in [-0.25, -0.2) is 4.98 Å². The van der Waals surface area contributed by atoms with Crippen molar-refractivity contribution in [2.45, 2.75) is 40.2 Å². The van der Waals surface area contributed by atoms with Crippen LogP contribution < -0.4 is 5.32 Å². The quantitative estimate of drug-likeness (QED) is 0.934. The molecule has 0 unspecified atom stereocenters. The number of carbonyl (C=O) groups is 1. The topological polar surface area (TPSA) is 68.0 Å². The first-order valence-corrected chi connectivity index (χ1v) is 7.00. The zero-order valence-electron chi connectivity index (χ0n) is 11.5. The third-order valence-electron chi connectivity index (χ3n) is 3.05. The Labute approximate surface area is 116 Å². The minimum absolute atomic E-state index is 0.0702. The van der Waals surface area contributed by atoms with E-state index in [1.165, 1.54) is 11.1 Å². The molecule has 2 heterocycles. The van der Waals surface area contributed by atoms with Gasteiger partial charge in [0.1, 0.15) is 16.3 Å². The van der Waals surface area contributed by atoms with Crippen molar-refractivity contribution in [3.05, 3.63) is 33.1 Å². The molecule has 6 heteroatoms. The number of aryl methyl sites for hydroxylation is 3. The van der Waals surface area contributed by atoms with Crippen molar-refractivity contribution in [2.24, 2.45) is 0 Å². The van der Waals surface area contributed by atoms with Crippen molar-refractivity contribution in [3.63, 3.8) is 0 Å². The summed E-state index contributed by atoms with van der Waals surface area (Å²) < 4.78 is 4.91. The van der Waals surface area contributed by atoms with Crippen molar-refractivity contribution in [1.29, 1.82) is 0 Å². The molecule has 0 bridgehead atoms. The van der Waals surface area contributed by atoms with Crippen LogP contribution in [0.5, 0.6) is 0 Å². The van der Waals surface area contributed by atoms with E-state index in [-0.39, 0.29) is 11.9 Å². The average molecular weight is 279 g/mol. The van der Waals surface area contributed by atoms with Crippen LogP contribution in [0, 0.1) is 20.8 Å². The molecule has 0 fully saturated rings. The summed E-state index contributed by atoms with van der Waals surface area (Å²) in [5.74, 6) is 0.356. The largest absolute Gasteiger partial charge is 0.361 e. The molecule has 2 rings (SSSR count). The highest BCUT2D eigenvalue weighted by molar-refractivity contribution is 7.11. The lowest BCUT2D eigenvalue weighted by Gasteiger charge is -2.13. The molecule has 0 aliphatic rings. The Morgan fingerprint density at radius 1 is 1.47 bits per heavy atom. The van der Waals surface area contributed by atoms with Crippen LogP contribution >= 0.6 is 11.3 Å². The molecule has 2 aromatic heterocycles. The van der Waals surface area contributed by atoms with E-state index in [1.54, 1.807) is 18.3 Å². The summed E-state index contributed by atoms with van der Waals surface area (Å²) in [6.45, 7) is 7.77. The zero-order chi connectivity index (χ0) is 14.0. The van der Waals surface area contributed by atoms with E-state index in [2.05, 4.69) is 15.5 Å². The molecule has 0 aliphatic carbocycles. The first kappa shape index (κ1) is 13.7. The standard InChI is InChI=1S/C13H17N3O2S/c1-5-11(13-15-7(2)9(4)19-13)16-12(17)10-6-14-18-8(10)3/h6,11H,5H2,1-4H3,(H,16,17)/t11-/m0/s1. The molecule has 1 amide bonds. The smallest absolute Gasteiger partial charge is 0.257 e. The van der Waals surface area contributed by atoms with Gasteiger partial charge in [0.15, 0.2) is 0 Å². The van der Waals surface area contributed by atoms with Crippen molar-refractivity contribution >= 4 is 17.2 Å². The first-order chi connectivity index (χ1) is 9.02. The van der Waals surface area contributed by atoms with E-state index in [1.807, 2.05) is 20.8 Å². The molecule has 0 saturated heterocycles. The van der Waals surface area contributed by atoms with Crippen LogP contribution in [0.25, 0.3) is 0 Å². The lowest BCUT2D eigenvalue weighted by atomic mass is 10.2. The third kappa shape index (κ3) is 2.84. The fourth-order valence-electron chi connectivity index (χ4n) is 1.74. The van der Waals surface area contributed by atoms with Crippen LogP contribution in [-0.2, 0) is 0 Å². The highest BCUT2D eigenvalue weighted by Gasteiger charge is 2.20. The van der Waals surface area contributed by atoms with E-state index in [4.69, 9.17) is 4.52 Å². The minimum atomic E-state index is -0.170. The average Bonchev–Trinajstić information content (AvgIpc) is 2.93. The number of aromatic nitrogens is 2. The lowest BCUT2D eigenvalue weighted by molar-refractivity contribution is 0.0934. The number of nitrogens with one attached hydrogen (secondary N) is 1. The number of thiazole rings is 1. The molecular formula is C13H17N3O2S. The van der Waals surface area contributed by atoms with Gasteiger partial charge in [0.25, 0.3) is 5.91 Å². The van der Waals surface area contributed by atoms with Crippen LogP contribution in [-0.4, -0.2) is 16.0 Å². The molecule has 2 aromatic rings. The molecular weight excluding hydrogens is 262 g/mol. The molecule has 1 atom stereocenters. The van der Waals surface area contributed by atoms with Gasteiger partial charge in [0, 0.05) is 4.88 Å². The molecule has 19 heavy (non-hydrogen) atoms. The number of rotatable bonds is 4. The molecule has 0 aromatic carbocycles. The number of amides is 1. The van der Waals surface area contributed by atoms with Crippen LogP contribution in [0.1, 0.15) is 51.1 Å². The van der Waals surface area contributed by atoms with Gasteiger partial charge in [-0.2, -0.15) is 0 Å². The lowest BCUT2D eigenvalue weighted by Crippen LogP contribution is -2.28. The second-order valence-corrected chi connectivity index (χ2v) is 5.66. The Bertz CT molecular complexity index is 569. The SMILES string of the molecule is CC[C@H](NC(=O)c1cnoc1C)c1nc(C)c(C)s1. The second-order valence-electron chi connectivity index (χ2n) is 4.42. The molecule has 5 nitrogen and oxygen atoms in total. The maximum atomic E-state index is 12.1. The Balaban J connectivity index is 2.16. The Morgan fingerprint density at radius 3 is 2.68 bits per heavy atom. The first-order valence-electron chi connectivity index (χ1n) is 6.19. The van der Waals surface area contributed by atoms with Crippen molar-refractivity contribution in [3.8, 4) is 0 Å². The predicted octanol–water partition coefficient (Wildman–Crippen LogP) is 2.94. The Kier molecular flexibility index (Phi) is 3.99. The Morgan fingerprint density at radius 2 is 2.21 bits per heavy atom. The summed E-state index contributed by atoms with van der Waals surface area (Å²) in [6.07, 6.45) is 2.23. The predicted molar refractivity (Wildman–Crippen MR) is 73.3 cm³/mol. The highest BCUT2D eigenvalue weighted by atomic mass is 32.1. The van der Waals surface area contributed by atoms with Gasteiger partial charge in [-0.05, 0) is 27.2 Å². The highest BCUT2D eigenvalue weighted by Crippen LogP contribution is 2.25. The van der Waals surface area contributed by atoms with Crippen molar-refractivity contribution < 1.29 is 9.32 Å². The third-order valence-corrected chi connectivity index (χ3v) is 4.24. The van der Waals surface area contributed by atoms with E-state index >= 15 is 0 Å². The van der Waals surface area contributed by atoms with E-state index in [0.717, 1.165) is 17.1 Å².